The standard InChI is InChI=1S/C20H26N2O3/c1-3-20(4-2,19(23)24)15-21-13-16-9-5-6-11-18(16)25-14-17-10-7-8-12-22-17/h5-12,21H,3-4,13-15H2,1-2H3,(H,23,24). The summed E-state index contributed by atoms with van der Waals surface area (Å²) in [7, 11) is 0. The number of aromatic nitrogens is 1. The number of carboxylic acid groups (broad SMARTS) is 1. The Morgan fingerprint density at radius 3 is 2.52 bits per heavy atom. The summed E-state index contributed by atoms with van der Waals surface area (Å²) in [6, 6.07) is 13.5. The van der Waals surface area contributed by atoms with Gasteiger partial charge in [0, 0.05) is 24.8 Å². The van der Waals surface area contributed by atoms with Gasteiger partial charge in [0.15, 0.2) is 0 Å². The van der Waals surface area contributed by atoms with Crippen LogP contribution >= 0.6 is 0 Å². The maximum absolute atomic E-state index is 11.6. The van der Waals surface area contributed by atoms with Gasteiger partial charge in [-0.2, -0.15) is 0 Å². The van der Waals surface area contributed by atoms with Gasteiger partial charge in [-0.15, -0.1) is 0 Å². The summed E-state index contributed by atoms with van der Waals surface area (Å²) in [5.41, 5.74) is 1.15. The molecule has 5 heteroatoms. The molecular weight excluding hydrogens is 316 g/mol. The van der Waals surface area contributed by atoms with Gasteiger partial charge in [0.05, 0.1) is 11.1 Å². The quantitative estimate of drug-likeness (QED) is 0.690. The molecule has 0 fully saturated rings. The minimum atomic E-state index is -0.746. The number of para-hydroxylation sites is 1. The Kier molecular flexibility index (Phi) is 6.95. The van der Waals surface area contributed by atoms with E-state index in [0.717, 1.165) is 17.0 Å². The number of benzene rings is 1. The van der Waals surface area contributed by atoms with Gasteiger partial charge in [-0.05, 0) is 31.0 Å². The van der Waals surface area contributed by atoms with Crippen LogP contribution in [0.4, 0.5) is 0 Å². The zero-order valence-corrected chi connectivity index (χ0v) is 14.9. The van der Waals surface area contributed by atoms with Crippen molar-refractivity contribution in [3.8, 4) is 5.75 Å². The summed E-state index contributed by atoms with van der Waals surface area (Å²) in [5.74, 6) is 0.0410. The molecule has 25 heavy (non-hydrogen) atoms. The van der Waals surface area contributed by atoms with Gasteiger partial charge >= 0.3 is 5.97 Å². The predicted octanol–water partition coefficient (Wildman–Crippen LogP) is 3.64. The second-order valence-electron chi connectivity index (χ2n) is 6.11. The lowest BCUT2D eigenvalue weighted by molar-refractivity contribution is -0.149. The normalized spacial score (nSPS) is 11.3. The van der Waals surface area contributed by atoms with E-state index in [1.54, 1.807) is 6.20 Å². The molecule has 5 nitrogen and oxygen atoms in total. The molecule has 2 N–H and O–H groups in total. The molecule has 0 radical (unpaired) electrons. The van der Waals surface area contributed by atoms with Crippen LogP contribution in [0.3, 0.4) is 0 Å². The van der Waals surface area contributed by atoms with Crippen LogP contribution in [0.25, 0.3) is 0 Å². The summed E-state index contributed by atoms with van der Waals surface area (Å²) in [6.07, 6.45) is 2.94. The fourth-order valence-electron chi connectivity index (χ4n) is 2.74. The van der Waals surface area contributed by atoms with Crippen molar-refractivity contribution in [3.63, 3.8) is 0 Å². The monoisotopic (exact) mass is 342 g/mol. The number of rotatable bonds is 10. The summed E-state index contributed by atoms with van der Waals surface area (Å²) in [5, 5.41) is 12.8. The third kappa shape index (κ3) is 5.03. The third-order valence-corrected chi connectivity index (χ3v) is 4.66. The van der Waals surface area contributed by atoms with Crippen LogP contribution in [-0.2, 0) is 17.9 Å². The van der Waals surface area contributed by atoms with Gasteiger partial charge in [-0.25, -0.2) is 0 Å². The molecule has 0 unspecified atom stereocenters. The largest absolute Gasteiger partial charge is 0.487 e. The van der Waals surface area contributed by atoms with Crippen molar-refractivity contribution in [1.82, 2.24) is 10.3 Å². The minimum Gasteiger partial charge on any atom is -0.487 e. The molecule has 0 saturated heterocycles. The van der Waals surface area contributed by atoms with Gasteiger partial charge < -0.3 is 15.2 Å². The van der Waals surface area contributed by atoms with Crippen LogP contribution in [0, 0.1) is 5.41 Å². The maximum Gasteiger partial charge on any atom is 0.310 e. The molecule has 0 saturated carbocycles. The van der Waals surface area contributed by atoms with Gasteiger partial charge in [-0.1, -0.05) is 38.1 Å². The average molecular weight is 342 g/mol. The van der Waals surface area contributed by atoms with E-state index in [-0.39, 0.29) is 0 Å². The van der Waals surface area contributed by atoms with E-state index in [9.17, 15) is 9.90 Å². The molecule has 0 bridgehead atoms. The Morgan fingerprint density at radius 2 is 1.88 bits per heavy atom. The molecule has 0 amide bonds. The van der Waals surface area contributed by atoms with E-state index in [4.69, 9.17) is 4.74 Å². The first-order valence-corrected chi connectivity index (χ1v) is 8.66. The van der Waals surface area contributed by atoms with Crippen molar-refractivity contribution in [3.05, 3.63) is 59.9 Å². The Hall–Kier alpha value is -2.40. The minimum absolute atomic E-state index is 0.404. The van der Waals surface area contributed by atoms with Crippen LogP contribution in [0.2, 0.25) is 0 Å². The molecule has 1 aromatic heterocycles. The van der Waals surface area contributed by atoms with Crippen molar-refractivity contribution in [2.75, 3.05) is 6.54 Å². The van der Waals surface area contributed by atoms with E-state index in [0.29, 0.717) is 32.5 Å². The smallest absolute Gasteiger partial charge is 0.310 e. The zero-order valence-electron chi connectivity index (χ0n) is 14.9. The predicted molar refractivity (Wildman–Crippen MR) is 97.4 cm³/mol. The summed E-state index contributed by atoms with van der Waals surface area (Å²) in [6.45, 7) is 5.24. The molecule has 2 aromatic rings. The molecule has 134 valence electrons. The Morgan fingerprint density at radius 1 is 1.16 bits per heavy atom. The Bertz CT molecular complexity index is 670. The number of hydrogen-bond acceptors (Lipinski definition) is 4. The molecule has 0 aliphatic carbocycles. The highest BCUT2D eigenvalue weighted by Gasteiger charge is 2.34. The van der Waals surface area contributed by atoms with Gasteiger partial charge in [0.2, 0.25) is 0 Å². The van der Waals surface area contributed by atoms with Gasteiger partial charge in [0.25, 0.3) is 0 Å². The van der Waals surface area contributed by atoms with Crippen molar-refractivity contribution < 1.29 is 14.6 Å². The molecule has 1 heterocycles. The second kappa shape index (κ2) is 9.18. The van der Waals surface area contributed by atoms with Crippen LogP contribution in [0.5, 0.6) is 5.75 Å². The van der Waals surface area contributed by atoms with E-state index in [2.05, 4.69) is 10.3 Å². The highest BCUT2D eigenvalue weighted by atomic mass is 16.5. The van der Waals surface area contributed by atoms with Gasteiger partial charge in [-0.3, -0.25) is 9.78 Å². The van der Waals surface area contributed by atoms with E-state index < -0.39 is 11.4 Å². The number of nitrogens with zero attached hydrogens (tertiary/aromatic N) is 1. The van der Waals surface area contributed by atoms with Crippen LogP contribution in [0.15, 0.2) is 48.7 Å². The number of carbonyl (C=O) groups is 1. The van der Waals surface area contributed by atoms with Crippen molar-refractivity contribution >= 4 is 5.97 Å². The van der Waals surface area contributed by atoms with Crippen LogP contribution < -0.4 is 10.1 Å². The van der Waals surface area contributed by atoms with E-state index in [1.807, 2.05) is 56.3 Å². The highest BCUT2D eigenvalue weighted by Crippen LogP contribution is 2.26. The zero-order chi connectivity index (χ0) is 18.1. The summed E-state index contributed by atoms with van der Waals surface area (Å²) >= 11 is 0. The number of carboxylic acids is 1. The first kappa shape index (κ1) is 18.9. The van der Waals surface area contributed by atoms with Crippen LogP contribution in [-0.4, -0.2) is 22.6 Å². The molecule has 2 rings (SSSR count). The lowest BCUT2D eigenvalue weighted by atomic mass is 9.82. The van der Waals surface area contributed by atoms with Crippen LogP contribution in [0.1, 0.15) is 37.9 Å². The Labute approximate surface area is 149 Å². The number of nitrogens with one attached hydrogen (secondary N) is 1. The first-order chi connectivity index (χ1) is 12.1. The van der Waals surface area contributed by atoms with E-state index in [1.165, 1.54) is 0 Å². The summed E-state index contributed by atoms with van der Waals surface area (Å²) in [4.78, 5) is 15.8. The fraction of sp³-hybridized carbons (Fsp3) is 0.400. The molecule has 0 atom stereocenters. The third-order valence-electron chi connectivity index (χ3n) is 4.66. The number of aliphatic carboxylic acids is 1. The maximum atomic E-state index is 11.6. The van der Waals surface area contributed by atoms with Gasteiger partial charge in [0.1, 0.15) is 12.4 Å². The topological polar surface area (TPSA) is 71.5 Å². The van der Waals surface area contributed by atoms with Crippen molar-refractivity contribution in [1.29, 1.82) is 0 Å². The Balaban J connectivity index is 1.97. The lowest BCUT2D eigenvalue weighted by Gasteiger charge is -2.27. The number of hydrogen-bond donors (Lipinski definition) is 2. The first-order valence-electron chi connectivity index (χ1n) is 8.66. The van der Waals surface area contributed by atoms with E-state index >= 15 is 0 Å². The molecule has 0 spiro atoms. The van der Waals surface area contributed by atoms with Crippen molar-refractivity contribution in [2.24, 2.45) is 5.41 Å². The summed E-state index contributed by atoms with van der Waals surface area (Å²) < 4.78 is 5.89. The molecule has 1 aromatic carbocycles. The number of pyridine rings is 1. The second-order valence-corrected chi connectivity index (χ2v) is 6.11. The average Bonchev–Trinajstić information content (AvgIpc) is 2.65. The molecule has 0 aliphatic rings. The highest BCUT2D eigenvalue weighted by molar-refractivity contribution is 5.74. The number of ether oxygens (including phenoxy) is 1. The molecule has 0 aliphatic heterocycles. The SMILES string of the molecule is CCC(CC)(CNCc1ccccc1OCc1ccccn1)C(=O)O. The van der Waals surface area contributed by atoms with Crippen molar-refractivity contribution in [2.45, 2.75) is 39.8 Å². The fourth-order valence-corrected chi connectivity index (χ4v) is 2.74. The lowest BCUT2D eigenvalue weighted by Crippen LogP contribution is -2.40. The molecular formula is C20H26N2O3.